The van der Waals surface area contributed by atoms with Crippen molar-refractivity contribution in [3.05, 3.63) is 0 Å². The predicted molar refractivity (Wildman–Crippen MR) is 56.1 cm³/mol. The molecule has 0 aromatic carbocycles. The van der Waals surface area contributed by atoms with Crippen molar-refractivity contribution < 1.29 is 19.5 Å². The molecule has 0 fully saturated rings. The zero-order valence-corrected chi connectivity index (χ0v) is 9.05. The third-order valence-corrected chi connectivity index (χ3v) is 2.02. The smallest absolute Gasteiger partial charge is 0.240 e. The van der Waals surface area contributed by atoms with E-state index in [2.05, 4.69) is 5.32 Å². The van der Waals surface area contributed by atoms with E-state index in [1.54, 1.807) is 0 Å². The number of amides is 2. The molecule has 2 amide bonds. The largest absolute Gasteiger partial charge is 0.391 e. The number of carbonyl (C=O) groups excluding carboxylic acids is 3. The quantitative estimate of drug-likeness (QED) is 0.363. The molecular weight excluding hydrogens is 214 g/mol. The SMILES string of the molecule is CC(O)C(N)C(=O)NC(C=O)CCC(N)=O. The van der Waals surface area contributed by atoms with E-state index < -0.39 is 30.0 Å². The second-order valence-corrected chi connectivity index (χ2v) is 3.52. The summed E-state index contributed by atoms with van der Waals surface area (Å²) in [6.07, 6.45) is -0.399. The number of nitrogens with two attached hydrogens (primary N) is 2. The molecule has 92 valence electrons. The number of rotatable bonds is 7. The Bertz CT molecular complexity index is 267. The third kappa shape index (κ3) is 5.42. The molecule has 16 heavy (non-hydrogen) atoms. The highest BCUT2D eigenvalue weighted by molar-refractivity contribution is 5.85. The van der Waals surface area contributed by atoms with Crippen molar-refractivity contribution in [1.29, 1.82) is 0 Å². The highest BCUT2D eigenvalue weighted by Gasteiger charge is 2.21. The summed E-state index contributed by atoms with van der Waals surface area (Å²) < 4.78 is 0. The maximum atomic E-state index is 11.3. The van der Waals surface area contributed by atoms with Crippen LogP contribution in [0.5, 0.6) is 0 Å². The monoisotopic (exact) mass is 231 g/mol. The number of carbonyl (C=O) groups is 3. The van der Waals surface area contributed by atoms with Crippen LogP contribution in [-0.4, -0.2) is 41.4 Å². The van der Waals surface area contributed by atoms with E-state index in [-0.39, 0.29) is 12.8 Å². The number of aliphatic hydroxyl groups excluding tert-OH is 1. The van der Waals surface area contributed by atoms with Gasteiger partial charge in [-0.25, -0.2) is 0 Å². The van der Waals surface area contributed by atoms with Crippen LogP contribution < -0.4 is 16.8 Å². The van der Waals surface area contributed by atoms with Crippen LogP contribution in [0.3, 0.4) is 0 Å². The van der Waals surface area contributed by atoms with Gasteiger partial charge in [-0.1, -0.05) is 0 Å². The second-order valence-electron chi connectivity index (χ2n) is 3.52. The fraction of sp³-hybridized carbons (Fsp3) is 0.667. The first-order valence-corrected chi connectivity index (χ1v) is 4.86. The van der Waals surface area contributed by atoms with Crippen molar-refractivity contribution in [3.63, 3.8) is 0 Å². The lowest BCUT2D eigenvalue weighted by atomic mass is 10.1. The average molecular weight is 231 g/mol. The number of nitrogens with one attached hydrogen (secondary N) is 1. The molecule has 0 aliphatic heterocycles. The molecule has 0 saturated carbocycles. The first kappa shape index (κ1) is 14.5. The first-order chi connectivity index (χ1) is 7.38. The van der Waals surface area contributed by atoms with Gasteiger partial charge in [0, 0.05) is 6.42 Å². The summed E-state index contributed by atoms with van der Waals surface area (Å²) >= 11 is 0. The second kappa shape index (κ2) is 6.91. The van der Waals surface area contributed by atoms with Gasteiger partial charge in [0.25, 0.3) is 0 Å². The maximum Gasteiger partial charge on any atom is 0.240 e. The Morgan fingerprint density at radius 2 is 2.06 bits per heavy atom. The van der Waals surface area contributed by atoms with E-state index >= 15 is 0 Å². The van der Waals surface area contributed by atoms with Crippen LogP contribution in [0.2, 0.25) is 0 Å². The van der Waals surface area contributed by atoms with Crippen LogP contribution in [0.1, 0.15) is 19.8 Å². The molecule has 0 aromatic heterocycles. The van der Waals surface area contributed by atoms with Gasteiger partial charge >= 0.3 is 0 Å². The molecular formula is C9H17N3O4. The lowest BCUT2D eigenvalue weighted by molar-refractivity contribution is -0.127. The molecule has 0 saturated heterocycles. The van der Waals surface area contributed by atoms with Crippen LogP contribution in [0.25, 0.3) is 0 Å². The Kier molecular flexibility index (Phi) is 6.28. The van der Waals surface area contributed by atoms with Gasteiger partial charge in [0.2, 0.25) is 11.8 Å². The van der Waals surface area contributed by atoms with Gasteiger partial charge in [-0.2, -0.15) is 0 Å². The van der Waals surface area contributed by atoms with Crippen LogP contribution in [0, 0.1) is 0 Å². The minimum atomic E-state index is -1.10. The molecule has 0 heterocycles. The Hall–Kier alpha value is -1.47. The van der Waals surface area contributed by atoms with E-state index in [9.17, 15) is 14.4 Å². The maximum absolute atomic E-state index is 11.3. The molecule has 0 spiro atoms. The van der Waals surface area contributed by atoms with Gasteiger partial charge in [0.1, 0.15) is 12.3 Å². The Morgan fingerprint density at radius 1 is 1.50 bits per heavy atom. The molecule has 0 aliphatic rings. The van der Waals surface area contributed by atoms with Crippen LogP contribution in [0.4, 0.5) is 0 Å². The lowest BCUT2D eigenvalue weighted by Crippen LogP contribution is -2.50. The van der Waals surface area contributed by atoms with Crippen LogP contribution in [0.15, 0.2) is 0 Å². The average Bonchev–Trinajstić information content (AvgIpc) is 2.22. The summed E-state index contributed by atoms with van der Waals surface area (Å²) in [6.45, 7) is 1.36. The highest BCUT2D eigenvalue weighted by atomic mass is 16.3. The minimum absolute atomic E-state index is 0.00635. The molecule has 0 radical (unpaired) electrons. The fourth-order valence-electron chi connectivity index (χ4n) is 0.970. The Morgan fingerprint density at radius 3 is 2.44 bits per heavy atom. The summed E-state index contributed by atoms with van der Waals surface area (Å²) in [4.78, 5) is 32.4. The number of aliphatic hydroxyl groups is 1. The Balaban J connectivity index is 4.16. The number of hydrogen-bond donors (Lipinski definition) is 4. The normalized spacial score (nSPS) is 15.9. The van der Waals surface area contributed by atoms with Gasteiger partial charge in [0.05, 0.1) is 12.1 Å². The molecule has 7 nitrogen and oxygen atoms in total. The first-order valence-electron chi connectivity index (χ1n) is 4.86. The number of primary amides is 1. The van der Waals surface area contributed by atoms with Crippen molar-refractivity contribution in [2.45, 2.75) is 38.0 Å². The zero-order valence-electron chi connectivity index (χ0n) is 9.05. The highest BCUT2D eigenvalue weighted by Crippen LogP contribution is 1.96. The standard InChI is InChI=1S/C9H17N3O4/c1-5(14)8(11)9(16)12-6(4-13)2-3-7(10)15/h4-6,8,14H,2-3,11H2,1H3,(H2,10,15)(H,12,16). The number of aldehydes is 1. The summed E-state index contributed by atoms with van der Waals surface area (Å²) in [5.74, 6) is -1.20. The lowest BCUT2D eigenvalue weighted by Gasteiger charge is -2.17. The minimum Gasteiger partial charge on any atom is -0.391 e. The summed E-state index contributed by atoms with van der Waals surface area (Å²) in [5, 5.41) is 11.4. The topological polar surface area (TPSA) is 136 Å². The molecule has 7 heteroatoms. The molecule has 3 atom stereocenters. The molecule has 0 aliphatic carbocycles. The Labute approximate surface area is 93.2 Å². The number of hydrogen-bond acceptors (Lipinski definition) is 5. The van der Waals surface area contributed by atoms with Gasteiger partial charge < -0.3 is 26.7 Å². The van der Waals surface area contributed by atoms with Crippen molar-refractivity contribution in [3.8, 4) is 0 Å². The van der Waals surface area contributed by atoms with Crippen molar-refractivity contribution >= 4 is 18.1 Å². The van der Waals surface area contributed by atoms with Crippen molar-refractivity contribution in [2.24, 2.45) is 11.5 Å². The summed E-state index contributed by atoms with van der Waals surface area (Å²) in [5.41, 5.74) is 10.3. The van der Waals surface area contributed by atoms with Gasteiger partial charge in [0.15, 0.2) is 0 Å². The van der Waals surface area contributed by atoms with E-state index in [1.807, 2.05) is 0 Å². The molecule has 3 unspecified atom stereocenters. The fourth-order valence-corrected chi connectivity index (χ4v) is 0.970. The molecule has 0 rings (SSSR count). The van der Waals surface area contributed by atoms with Crippen LogP contribution >= 0.6 is 0 Å². The van der Waals surface area contributed by atoms with Crippen molar-refractivity contribution in [1.82, 2.24) is 5.32 Å². The van der Waals surface area contributed by atoms with Gasteiger partial charge in [-0.3, -0.25) is 9.59 Å². The van der Waals surface area contributed by atoms with E-state index in [1.165, 1.54) is 6.92 Å². The van der Waals surface area contributed by atoms with Crippen LogP contribution in [-0.2, 0) is 14.4 Å². The molecule has 0 aromatic rings. The predicted octanol–water partition coefficient (Wildman–Crippen LogP) is -2.36. The summed E-state index contributed by atoms with van der Waals surface area (Å²) in [7, 11) is 0. The summed E-state index contributed by atoms with van der Waals surface area (Å²) in [6, 6.07) is -1.92. The van der Waals surface area contributed by atoms with Crippen molar-refractivity contribution in [2.75, 3.05) is 0 Å². The van der Waals surface area contributed by atoms with E-state index in [4.69, 9.17) is 16.6 Å². The zero-order chi connectivity index (χ0) is 12.7. The third-order valence-electron chi connectivity index (χ3n) is 2.02. The molecule has 0 bridgehead atoms. The molecule has 6 N–H and O–H groups in total. The van der Waals surface area contributed by atoms with Gasteiger partial charge in [-0.15, -0.1) is 0 Å². The van der Waals surface area contributed by atoms with E-state index in [0.717, 1.165) is 0 Å². The van der Waals surface area contributed by atoms with E-state index in [0.29, 0.717) is 6.29 Å². The van der Waals surface area contributed by atoms with Gasteiger partial charge in [-0.05, 0) is 13.3 Å².